The lowest BCUT2D eigenvalue weighted by atomic mass is 10.2. The molecular formula is C15H16ClN3O2. The Bertz CT molecular complexity index is 635. The van der Waals surface area contributed by atoms with Crippen molar-refractivity contribution in [2.24, 2.45) is 0 Å². The maximum Gasteiger partial charge on any atom is 0.244 e. The molecule has 0 radical (unpaired) electrons. The fourth-order valence-electron chi connectivity index (χ4n) is 1.77. The smallest absolute Gasteiger partial charge is 0.244 e. The van der Waals surface area contributed by atoms with E-state index in [-0.39, 0.29) is 11.9 Å². The molecule has 1 amide bonds. The van der Waals surface area contributed by atoms with Gasteiger partial charge in [0.15, 0.2) is 5.82 Å². The molecule has 0 bridgehead atoms. The molecule has 1 N–H and O–H groups in total. The predicted octanol–water partition coefficient (Wildman–Crippen LogP) is 3.31. The van der Waals surface area contributed by atoms with E-state index in [0.29, 0.717) is 23.2 Å². The Morgan fingerprint density at radius 3 is 2.71 bits per heavy atom. The van der Waals surface area contributed by atoms with Gasteiger partial charge in [0.1, 0.15) is 0 Å². The average Bonchev–Trinajstić information content (AvgIpc) is 2.90. The second-order valence-electron chi connectivity index (χ2n) is 4.53. The van der Waals surface area contributed by atoms with Gasteiger partial charge in [0.25, 0.3) is 0 Å². The molecule has 1 aromatic heterocycles. The number of carbonyl (C=O) groups is 1. The number of halogens is 1. The molecule has 0 aliphatic heterocycles. The summed E-state index contributed by atoms with van der Waals surface area (Å²) in [5, 5.41) is 7.33. The molecule has 0 saturated carbocycles. The third kappa shape index (κ3) is 4.43. The van der Waals surface area contributed by atoms with Gasteiger partial charge in [0.05, 0.1) is 6.04 Å². The molecule has 0 saturated heterocycles. The van der Waals surface area contributed by atoms with Crippen molar-refractivity contribution in [1.29, 1.82) is 0 Å². The zero-order chi connectivity index (χ0) is 15.2. The van der Waals surface area contributed by atoms with Crippen LogP contribution in [0.5, 0.6) is 0 Å². The normalized spacial score (nSPS) is 12.5. The summed E-state index contributed by atoms with van der Waals surface area (Å²) in [6.07, 6.45) is 3.87. The summed E-state index contributed by atoms with van der Waals surface area (Å²) >= 11 is 5.81. The lowest BCUT2D eigenvalue weighted by Gasteiger charge is -2.11. The second-order valence-corrected chi connectivity index (χ2v) is 4.96. The number of benzene rings is 1. The largest absolute Gasteiger partial charge is 0.342 e. The number of rotatable bonds is 5. The SMILES string of the molecule is CC[C@H](NC(=O)/C=C\c1ccc(Cl)cc1)c1noc(C)n1. The van der Waals surface area contributed by atoms with Gasteiger partial charge in [-0.3, -0.25) is 4.79 Å². The second kappa shape index (κ2) is 7.04. The van der Waals surface area contributed by atoms with Gasteiger partial charge in [-0.15, -0.1) is 0 Å². The summed E-state index contributed by atoms with van der Waals surface area (Å²) in [5.74, 6) is 0.761. The van der Waals surface area contributed by atoms with Crippen LogP contribution in [-0.4, -0.2) is 16.0 Å². The molecule has 0 aliphatic rings. The quantitative estimate of drug-likeness (QED) is 0.861. The molecule has 6 heteroatoms. The highest BCUT2D eigenvalue weighted by Gasteiger charge is 2.16. The Morgan fingerprint density at radius 1 is 1.43 bits per heavy atom. The van der Waals surface area contributed by atoms with Crippen LogP contribution in [0.25, 0.3) is 6.08 Å². The summed E-state index contributed by atoms with van der Waals surface area (Å²) in [4.78, 5) is 16.1. The number of carbonyl (C=O) groups excluding carboxylic acids is 1. The van der Waals surface area contributed by atoms with Gasteiger partial charge in [-0.25, -0.2) is 0 Å². The van der Waals surface area contributed by atoms with Crippen molar-refractivity contribution in [3.05, 3.63) is 52.6 Å². The van der Waals surface area contributed by atoms with Gasteiger partial charge >= 0.3 is 0 Å². The molecule has 1 heterocycles. The van der Waals surface area contributed by atoms with E-state index in [9.17, 15) is 4.79 Å². The van der Waals surface area contributed by atoms with Crippen molar-refractivity contribution in [3.8, 4) is 0 Å². The van der Waals surface area contributed by atoms with E-state index in [1.807, 2.05) is 19.1 Å². The first kappa shape index (κ1) is 15.3. The van der Waals surface area contributed by atoms with E-state index in [1.54, 1.807) is 25.1 Å². The number of hydrogen-bond donors (Lipinski definition) is 1. The highest BCUT2D eigenvalue weighted by atomic mass is 35.5. The Balaban J connectivity index is 1.98. The van der Waals surface area contributed by atoms with Crippen LogP contribution >= 0.6 is 11.6 Å². The van der Waals surface area contributed by atoms with E-state index in [4.69, 9.17) is 16.1 Å². The van der Waals surface area contributed by atoms with Crippen molar-refractivity contribution in [3.63, 3.8) is 0 Å². The number of aromatic nitrogens is 2. The monoisotopic (exact) mass is 305 g/mol. The van der Waals surface area contributed by atoms with Crippen LogP contribution in [0.4, 0.5) is 0 Å². The molecule has 1 atom stereocenters. The van der Waals surface area contributed by atoms with Crippen molar-refractivity contribution < 1.29 is 9.32 Å². The van der Waals surface area contributed by atoms with Gasteiger partial charge in [-0.05, 0) is 30.2 Å². The zero-order valence-electron chi connectivity index (χ0n) is 11.8. The zero-order valence-corrected chi connectivity index (χ0v) is 12.6. The maximum atomic E-state index is 11.9. The van der Waals surface area contributed by atoms with E-state index in [1.165, 1.54) is 6.08 Å². The first-order chi connectivity index (χ1) is 10.1. The number of hydrogen-bond acceptors (Lipinski definition) is 4. The molecule has 21 heavy (non-hydrogen) atoms. The van der Waals surface area contributed by atoms with Crippen LogP contribution in [0.1, 0.15) is 36.7 Å². The van der Waals surface area contributed by atoms with E-state index >= 15 is 0 Å². The third-order valence-corrected chi connectivity index (χ3v) is 3.13. The van der Waals surface area contributed by atoms with Crippen LogP contribution in [0.15, 0.2) is 34.9 Å². The van der Waals surface area contributed by atoms with Gasteiger partial charge in [0.2, 0.25) is 11.8 Å². The minimum Gasteiger partial charge on any atom is -0.342 e. The molecule has 1 aromatic carbocycles. The minimum absolute atomic E-state index is 0.209. The highest BCUT2D eigenvalue weighted by molar-refractivity contribution is 6.30. The van der Waals surface area contributed by atoms with Crippen LogP contribution in [0.2, 0.25) is 5.02 Å². The van der Waals surface area contributed by atoms with Gasteiger partial charge in [-0.2, -0.15) is 4.98 Å². The Labute approximate surface area is 128 Å². The molecule has 0 fully saturated rings. The lowest BCUT2D eigenvalue weighted by molar-refractivity contribution is -0.117. The number of amides is 1. The van der Waals surface area contributed by atoms with E-state index < -0.39 is 0 Å². The Morgan fingerprint density at radius 2 is 2.14 bits per heavy atom. The predicted molar refractivity (Wildman–Crippen MR) is 80.7 cm³/mol. The molecule has 0 unspecified atom stereocenters. The standard InChI is InChI=1S/C15H16ClN3O2/c1-3-13(15-17-10(2)21-19-15)18-14(20)9-6-11-4-7-12(16)8-5-11/h4-9,13H,3H2,1-2H3,(H,18,20)/b9-6-/t13-/m0/s1. The first-order valence-electron chi connectivity index (χ1n) is 6.63. The Kier molecular flexibility index (Phi) is 5.11. The summed E-state index contributed by atoms with van der Waals surface area (Å²) in [5.41, 5.74) is 0.901. The van der Waals surface area contributed by atoms with E-state index in [2.05, 4.69) is 15.5 Å². The molecular weight excluding hydrogens is 290 g/mol. The molecule has 110 valence electrons. The van der Waals surface area contributed by atoms with Crippen molar-refractivity contribution in [2.75, 3.05) is 0 Å². The fourth-order valence-corrected chi connectivity index (χ4v) is 1.90. The highest BCUT2D eigenvalue weighted by Crippen LogP contribution is 2.13. The molecule has 0 aliphatic carbocycles. The van der Waals surface area contributed by atoms with Crippen molar-refractivity contribution in [2.45, 2.75) is 26.3 Å². The fraction of sp³-hybridized carbons (Fsp3) is 0.267. The molecule has 0 spiro atoms. The van der Waals surface area contributed by atoms with Crippen LogP contribution < -0.4 is 5.32 Å². The first-order valence-corrected chi connectivity index (χ1v) is 7.00. The molecule has 2 aromatic rings. The summed E-state index contributed by atoms with van der Waals surface area (Å²) in [7, 11) is 0. The van der Waals surface area contributed by atoms with E-state index in [0.717, 1.165) is 5.56 Å². The maximum absolute atomic E-state index is 11.9. The topological polar surface area (TPSA) is 68.0 Å². The third-order valence-electron chi connectivity index (χ3n) is 2.88. The number of aryl methyl sites for hydroxylation is 1. The summed E-state index contributed by atoms with van der Waals surface area (Å²) < 4.78 is 4.93. The van der Waals surface area contributed by atoms with Crippen LogP contribution in [0, 0.1) is 6.92 Å². The molecule has 2 rings (SSSR count). The van der Waals surface area contributed by atoms with Gasteiger partial charge in [0, 0.05) is 18.0 Å². The minimum atomic E-state index is -0.259. The van der Waals surface area contributed by atoms with Gasteiger partial charge in [-0.1, -0.05) is 35.8 Å². The molecule has 5 nitrogen and oxygen atoms in total. The lowest BCUT2D eigenvalue weighted by Crippen LogP contribution is -2.27. The van der Waals surface area contributed by atoms with Crippen LogP contribution in [0.3, 0.4) is 0 Å². The van der Waals surface area contributed by atoms with Crippen molar-refractivity contribution in [1.82, 2.24) is 15.5 Å². The van der Waals surface area contributed by atoms with Gasteiger partial charge < -0.3 is 9.84 Å². The van der Waals surface area contributed by atoms with Crippen molar-refractivity contribution >= 4 is 23.6 Å². The number of nitrogens with zero attached hydrogens (tertiary/aromatic N) is 2. The summed E-state index contributed by atoms with van der Waals surface area (Å²) in [6, 6.07) is 6.97. The summed E-state index contributed by atoms with van der Waals surface area (Å²) in [6.45, 7) is 3.66. The number of nitrogens with one attached hydrogen (secondary N) is 1. The average molecular weight is 306 g/mol. The van der Waals surface area contributed by atoms with Crippen LogP contribution in [-0.2, 0) is 4.79 Å². The Hall–Kier alpha value is -2.14.